The second-order valence-electron chi connectivity index (χ2n) is 5.16. The van der Waals surface area contributed by atoms with Crippen LogP contribution in [0.5, 0.6) is 5.75 Å². The summed E-state index contributed by atoms with van der Waals surface area (Å²) in [4.78, 5) is 34.3. The third-order valence-corrected chi connectivity index (χ3v) is 3.71. The van der Waals surface area contributed by atoms with E-state index in [1.165, 1.54) is 26.2 Å². The zero-order chi connectivity index (χ0) is 19.3. The SMILES string of the molecule is COC(=O)c1ccc(O[C@H](C)C(=O)Nc2ccccc2Cl)c([N+](=O)[O-])c1. The van der Waals surface area contributed by atoms with Crippen LogP contribution in [0.15, 0.2) is 42.5 Å². The molecule has 2 aromatic rings. The van der Waals surface area contributed by atoms with Crippen LogP contribution < -0.4 is 10.1 Å². The van der Waals surface area contributed by atoms with E-state index in [4.69, 9.17) is 16.3 Å². The van der Waals surface area contributed by atoms with E-state index in [9.17, 15) is 19.7 Å². The molecule has 0 aliphatic heterocycles. The second-order valence-corrected chi connectivity index (χ2v) is 5.57. The molecule has 0 saturated carbocycles. The van der Waals surface area contributed by atoms with Gasteiger partial charge < -0.3 is 14.8 Å². The van der Waals surface area contributed by atoms with Gasteiger partial charge in [-0.05, 0) is 31.2 Å². The number of rotatable bonds is 6. The van der Waals surface area contributed by atoms with Crippen LogP contribution in [0.3, 0.4) is 0 Å². The number of halogens is 1. The van der Waals surface area contributed by atoms with Gasteiger partial charge in [0, 0.05) is 6.07 Å². The molecular weight excluding hydrogens is 364 g/mol. The van der Waals surface area contributed by atoms with Crippen LogP contribution in [-0.4, -0.2) is 30.0 Å². The van der Waals surface area contributed by atoms with Crippen LogP contribution in [0.25, 0.3) is 0 Å². The van der Waals surface area contributed by atoms with Gasteiger partial charge in [0.1, 0.15) is 0 Å². The Morgan fingerprint density at radius 2 is 1.92 bits per heavy atom. The van der Waals surface area contributed by atoms with Gasteiger partial charge in [-0.2, -0.15) is 0 Å². The molecule has 0 aromatic heterocycles. The molecule has 8 nitrogen and oxygen atoms in total. The maximum absolute atomic E-state index is 12.2. The highest BCUT2D eigenvalue weighted by molar-refractivity contribution is 6.33. The lowest BCUT2D eigenvalue weighted by Crippen LogP contribution is -2.30. The molecule has 26 heavy (non-hydrogen) atoms. The molecule has 0 spiro atoms. The van der Waals surface area contributed by atoms with Crippen LogP contribution in [0.1, 0.15) is 17.3 Å². The molecule has 1 N–H and O–H groups in total. The molecule has 0 aliphatic rings. The Labute approximate surface area is 153 Å². The number of hydrogen-bond acceptors (Lipinski definition) is 6. The molecule has 0 bridgehead atoms. The molecule has 1 atom stereocenters. The van der Waals surface area contributed by atoms with Crippen molar-refractivity contribution < 1.29 is 24.0 Å². The second kappa shape index (κ2) is 8.30. The number of benzene rings is 2. The van der Waals surface area contributed by atoms with E-state index in [2.05, 4.69) is 10.1 Å². The summed E-state index contributed by atoms with van der Waals surface area (Å²) in [5.74, 6) is -1.40. The minimum Gasteiger partial charge on any atom is -0.474 e. The summed E-state index contributed by atoms with van der Waals surface area (Å²) < 4.78 is 9.93. The Morgan fingerprint density at radius 1 is 1.23 bits per heavy atom. The zero-order valence-corrected chi connectivity index (χ0v) is 14.6. The van der Waals surface area contributed by atoms with Crippen molar-refractivity contribution in [1.29, 1.82) is 0 Å². The van der Waals surface area contributed by atoms with Crippen LogP contribution >= 0.6 is 11.6 Å². The van der Waals surface area contributed by atoms with Crippen molar-refractivity contribution in [2.75, 3.05) is 12.4 Å². The Balaban J connectivity index is 2.18. The van der Waals surface area contributed by atoms with Crippen LogP contribution in [-0.2, 0) is 9.53 Å². The number of para-hydroxylation sites is 1. The fourth-order valence-corrected chi connectivity index (χ4v) is 2.23. The van der Waals surface area contributed by atoms with E-state index < -0.39 is 28.6 Å². The molecule has 0 unspecified atom stereocenters. The van der Waals surface area contributed by atoms with Gasteiger partial charge in [0.05, 0.1) is 28.3 Å². The third kappa shape index (κ3) is 4.48. The number of anilines is 1. The van der Waals surface area contributed by atoms with Gasteiger partial charge >= 0.3 is 11.7 Å². The van der Waals surface area contributed by atoms with E-state index in [1.54, 1.807) is 24.3 Å². The van der Waals surface area contributed by atoms with E-state index in [1.807, 2.05) is 0 Å². The first-order chi connectivity index (χ1) is 12.3. The van der Waals surface area contributed by atoms with Gasteiger partial charge in [0.2, 0.25) is 0 Å². The maximum atomic E-state index is 12.2. The smallest absolute Gasteiger partial charge is 0.338 e. The highest BCUT2D eigenvalue weighted by Gasteiger charge is 2.23. The van der Waals surface area contributed by atoms with Gasteiger partial charge in [-0.15, -0.1) is 0 Å². The summed E-state index contributed by atoms with van der Waals surface area (Å²) in [5.41, 5.74) is -0.0600. The Morgan fingerprint density at radius 3 is 2.54 bits per heavy atom. The number of ether oxygens (including phenoxy) is 2. The lowest BCUT2D eigenvalue weighted by atomic mass is 10.2. The number of hydrogen-bond donors (Lipinski definition) is 1. The lowest BCUT2D eigenvalue weighted by molar-refractivity contribution is -0.386. The van der Waals surface area contributed by atoms with Gasteiger partial charge in [-0.25, -0.2) is 4.79 Å². The number of esters is 1. The topological polar surface area (TPSA) is 108 Å². The fraction of sp³-hybridized carbons (Fsp3) is 0.176. The zero-order valence-electron chi connectivity index (χ0n) is 13.9. The predicted octanol–water partition coefficient (Wildman–Crippen LogP) is 3.44. The van der Waals surface area contributed by atoms with Gasteiger partial charge in [-0.1, -0.05) is 23.7 Å². The van der Waals surface area contributed by atoms with E-state index >= 15 is 0 Å². The molecule has 0 saturated heterocycles. The minimum absolute atomic E-state index is 0.000257. The number of carbonyl (C=O) groups excluding carboxylic acids is 2. The largest absolute Gasteiger partial charge is 0.474 e. The molecule has 0 heterocycles. The normalized spacial score (nSPS) is 11.3. The number of nitrogens with one attached hydrogen (secondary N) is 1. The number of nitro benzene ring substituents is 1. The molecule has 1 amide bonds. The summed E-state index contributed by atoms with van der Waals surface area (Å²) in [5, 5.41) is 14.2. The molecular formula is C17H15ClN2O6. The van der Waals surface area contributed by atoms with Crippen molar-refractivity contribution in [2.45, 2.75) is 13.0 Å². The number of carbonyl (C=O) groups is 2. The molecule has 2 rings (SSSR count). The van der Waals surface area contributed by atoms with Crippen molar-refractivity contribution in [1.82, 2.24) is 0 Å². The quantitative estimate of drug-likeness (QED) is 0.468. The average molecular weight is 379 g/mol. The van der Waals surface area contributed by atoms with Crippen LogP contribution in [0.2, 0.25) is 5.02 Å². The molecule has 2 aromatic carbocycles. The molecule has 0 aliphatic carbocycles. The average Bonchev–Trinajstić information content (AvgIpc) is 2.62. The van der Waals surface area contributed by atoms with E-state index in [0.717, 1.165) is 6.07 Å². The van der Waals surface area contributed by atoms with Gasteiger partial charge in [-0.3, -0.25) is 14.9 Å². The predicted molar refractivity (Wildman–Crippen MR) is 94.6 cm³/mol. The Kier molecular flexibility index (Phi) is 6.13. The number of nitrogens with zero attached hydrogens (tertiary/aromatic N) is 1. The van der Waals surface area contributed by atoms with Crippen molar-refractivity contribution in [3.8, 4) is 5.75 Å². The van der Waals surface area contributed by atoms with E-state index in [-0.39, 0.29) is 11.3 Å². The first-order valence-electron chi connectivity index (χ1n) is 7.42. The maximum Gasteiger partial charge on any atom is 0.338 e. The van der Waals surface area contributed by atoms with Crippen LogP contribution in [0.4, 0.5) is 11.4 Å². The van der Waals surface area contributed by atoms with Gasteiger partial charge in [0.25, 0.3) is 5.91 Å². The third-order valence-electron chi connectivity index (χ3n) is 3.38. The number of methoxy groups -OCH3 is 1. The Hall–Kier alpha value is -3.13. The van der Waals surface area contributed by atoms with Crippen LogP contribution in [0, 0.1) is 10.1 Å². The van der Waals surface area contributed by atoms with Crippen molar-refractivity contribution >= 4 is 34.9 Å². The summed E-state index contributed by atoms with van der Waals surface area (Å²) >= 11 is 5.97. The molecule has 136 valence electrons. The summed E-state index contributed by atoms with van der Waals surface area (Å²) in [6.07, 6.45) is -1.05. The highest BCUT2D eigenvalue weighted by atomic mass is 35.5. The van der Waals surface area contributed by atoms with Crippen molar-refractivity contribution in [3.63, 3.8) is 0 Å². The van der Waals surface area contributed by atoms with Gasteiger partial charge in [0.15, 0.2) is 11.9 Å². The Bertz CT molecular complexity index is 855. The monoisotopic (exact) mass is 378 g/mol. The standard InChI is InChI=1S/C17H15ClN2O6/c1-10(16(21)19-13-6-4-3-5-12(13)18)26-15-8-7-11(17(22)25-2)9-14(15)20(23)24/h3-10H,1-2H3,(H,19,21)/t10-/m1/s1. The summed E-state index contributed by atoms with van der Waals surface area (Å²) in [6.45, 7) is 1.43. The lowest BCUT2D eigenvalue weighted by Gasteiger charge is -2.15. The van der Waals surface area contributed by atoms with Crippen molar-refractivity contribution in [2.24, 2.45) is 0 Å². The fourth-order valence-electron chi connectivity index (χ4n) is 2.05. The first kappa shape index (κ1) is 19.2. The van der Waals surface area contributed by atoms with Crippen molar-refractivity contribution in [3.05, 3.63) is 63.2 Å². The minimum atomic E-state index is -1.05. The summed E-state index contributed by atoms with van der Waals surface area (Å²) in [6, 6.07) is 10.2. The van der Waals surface area contributed by atoms with E-state index in [0.29, 0.717) is 10.7 Å². The molecule has 0 radical (unpaired) electrons. The number of amides is 1. The molecule has 9 heteroatoms. The molecule has 0 fully saturated rings. The first-order valence-corrected chi connectivity index (χ1v) is 7.80. The summed E-state index contributed by atoms with van der Waals surface area (Å²) in [7, 11) is 1.17. The number of nitro groups is 1. The highest BCUT2D eigenvalue weighted by Crippen LogP contribution is 2.29.